The Morgan fingerprint density at radius 3 is 2.52 bits per heavy atom. The van der Waals surface area contributed by atoms with Gasteiger partial charge in [0.05, 0.1) is 12.0 Å². The fourth-order valence-corrected chi connectivity index (χ4v) is 3.08. The lowest BCUT2D eigenvalue weighted by molar-refractivity contribution is -0.150. The van der Waals surface area contributed by atoms with Crippen molar-refractivity contribution in [1.29, 1.82) is 0 Å². The number of rotatable bonds is 6. The average Bonchev–Trinajstić information content (AvgIpc) is 3.15. The molecule has 6 nitrogen and oxygen atoms in total. The molecular weight excluding hydrogens is 272 g/mol. The largest absolute Gasteiger partial charge is 0.481 e. The second-order valence-electron chi connectivity index (χ2n) is 6.49. The van der Waals surface area contributed by atoms with Crippen molar-refractivity contribution in [1.82, 2.24) is 9.80 Å². The molecule has 1 saturated carbocycles. The average molecular weight is 298 g/mol. The van der Waals surface area contributed by atoms with Crippen molar-refractivity contribution >= 4 is 12.0 Å². The van der Waals surface area contributed by atoms with Crippen LogP contribution in [-0.4, -0.2) is 66.3 Å². The molecule has 1 unspecified atom stereocenters. The van der Waals surface area contributed by atoms with Crippen LogP contribution in [0.15, 0.2) is 0 Å². The summed E-state index contributed by atoms with van der Waals surface area (Å²) < 4.78 is 5.07. The van der Waals surface area contributed by atoms with Crippen LogP contribution in [0.4, 0.5) is 4.79 Å². The van der Waals surface area contributed by atoms with Crippen LogP contribution >= 0.6 is 0 Å². The second kappa shape index (κ2) is 6.22. The van der Waals surface area contributed by atoms with Gasteiger partial charge in [-0.25, -0.2) is 4.79 Å². The van der Waals surface area contributed by atoms with Gasteiger partial charge in [0.1, 0.15) is 0 Å². The molecule has 1 atom stereocenters. The Kier molecular flexibility index (Phi) is 4.76. The Balaban J connectivity index is 2.05. The minimum Gasteiger partial charge on any atom is -0.481 e. The first kappa shape index (κ1) is 16.1. The molecule has 0 bridgehead atoms. The lowest BCUT2D eigenvalue weighted by Gasteiger charge is -2.31. The Morgan fingerprint density at radius 2 is 2.10 bits per heavy atom. The van der Waals surface area contributed by atoms with Gasteiger partial charge in [0.25, 0.3) is 0 Å². The third-order valence-electron chi connectivity index (χ3n) is 4.87. The van der Waals surface area contributed by atoms with Gasteiger partial charge in [0.15, 0.2) is 0 Å². The Bertz CT molecular complexity index is 408. The highest BCUT2D eigenvalue weighted by atomic mass is 16.5. The van der Waals surface area contributed by atoms with Gasteiger partial charge in [-0.1, -0.05) is 13.8 Å². The summed E-state index contributed by atoms with van der Waals surface area (Å²) in [6, 6.07) is 0.282. The van der Waals surface area contributed by atoms with E-state index in [0.29, 0.717) is 38.7 Å². The van der Waals surface area contributed by atoms with E-state index in [9.17, 15) is 14.7 Å². The van der Waals surface area contributed by atoms with E-state index in [0.717, 1.165) is 12.8 Å². The summed E-state index contributed by atoms with van der Waals surface area (Å²) >= 11 is 0. The molecule has 0 aromatic carbocycles. The number of carbonyl (C=O) groups is 2. The number of carbonyl (C=O) groups excluding carboxylic acids is 1. The van der Waals surface area contributed by atoms with E-state index >= 15 is 0 Å². The number of ether oxygens (including phenoxy) is 1. The van der Waals surface area contributed by atoms with Crippen LogP contribution in [0.2, 0.25) is 0 Å². The monoisotopic (exact) mass is 298 g/mol. The predicted molar refractivity (Wildman–Crippen MR) is 78.1 cm³/mol. The number of nitrogens with zero attached hydrogens (tertiary/aromatic N) is 2. The molecule has 120 valence electrons. The van der Waals surface area contributed by atoms with E-state index < -0.39 is 11.4 Å². The van der Waals surface area contributed by atoms with E-state index in [2.05, 4.69) is 0 Å². The molecule has 2 fully saturated rings. The van der Waals surface area contributed by atoms with Crippen molar-refractivity contribution in [3.8, 4) is 0 Å². The molecule has 21 heavy (non-hydrogen) atoms. The summed E-state index contributed by atoms with van der Waals surface area (Å²) in [5.74, 6) is -0.774. The minimum absolute atomic E-state index is 0.0150. The highest BCUT2D eigenvalue weighted by Crippen LogP contribution is 2.39. The van der Waals surface area contributed by atoms with Crippen LogP contribution in [0, 0.1) is 11.3 Å². The first-order valence-corrected chi connectivity index (χ1v) is 7.70. The van der Waals surface area contributed by atoms with Gasteiger partial charge in [-0.3, -0.25) is 4.79 Å². The van der Waals surface area contributed by atoms with Crippen LogP contribution in [0.1, 0.15) is 33.1 Å². The van der Waals surface area contributed by atoms with Crippen LogP contribution < -0.4 is 0 Å². The van der Waals surface area contributed by atoms with Gasteiger partial charge >= 0.3 is 12.0 Å². The molecule has 1 N–H and O–H groups in total. The molecule has 1 saturated heterocycles. The van der Waals surface area contributed by atoms with Gasteiger partial charge in [-0.05, 0) is 25.2 Å². The lowest BCUT2D eigenvalue weighted by atomic mass is 9.76. The van der Waals surface area contributed by atoms with Crippen molar-refractivity contribution in [2.75, 3.05) is 33.4 Å². The summed E-state index contributed by atoms with van der Waals surface area (Å²) in [5, 5.41) is 9.56. The number of likely N-dealkylation sites (tertiary alicyclic amines) is 1. The normalized spacial score (nSPS) is 25.4. The van der Waals surface area contributed by atoms with Gasteiger partial charge < -0.3 is 19.6 Å². The number of urea groups is 1. The number of amides is 2. The fraction of sp³-hybridized carbons (Fsp3) is 0.867. The van der Waals surface area contributed by atoms with Crippen LogP contribution in [-0.2, 0) is 9.53 Å². The molecule has 0 aromatic rings. The van der Waals surface area contributed by atoms with E-state index in [1.165, 1.54) is 0 Å². The van der Waals surface area contributed by atoms with Crippen molar-refractivity contribution in [2.24, 2.45) is 11.3 Å². The third kappa shape index (κ3) is 3.15. The highest BCUT2D eigenvalue weighted by molar-refractivity contribution is 5.80. The number of methoxy groups -OCH3 is 1. The zero-order valence-corrected chi connectivity index (χ0v) is 13.2. The zero-order valence-electron chi connectivity index (χ0n) is 13.2. The zero-order chi connectivity index (χ0) is 15.6. The van der Waals surface area contributed by atoms with Gasteiger partial charge in [0, 0.05) is 32.8 Å². The molecule has 0 spiro atoms. The molecule has 2 aliphatic rings. The summed E-state index contributed by atoms with van der Waals surface area (Å²) in [7, 11) is 1.62. The summed E-state index contributed by atoms with van der Waals surface area (Å²) in [6.45, 7) is 5.79. The number of carboxylic acid groups (broad SMARTS) is 1. The third-order valence-corrected chi connectivity index (χ3v) is 4.87. The number of aliphatic carboxylic acids is 1. The quantitative estimate of drug-likeness (QED) is 0.809. The predicted octanol–water partition coefficient (Wildman–Crippen LogP) is 1.65. The minimum atomic E-state index is -0.799. The smallest absolute Gasteiger partial charge is 0.320 e. The molecular formula is C15H26N2O4. The van der Waals surface area contributed by atoms with Crippen LogP contribution in [0.5, 0.6) is 0 Å². The maximum absolute atomic E-state index is 12.7. The first-order valence-electron chi connectivity index (χ1n) is 7.70. The molecule has 2 rings (SSSR count). The van der Waals surface area contributed by atoms with E-state index in [-0.39, 0.29) is 11.9 Å². The van der Waals surface area contributed by atoms with Gasteiger partial charge in [-0.2, -0.15) is 0 Å². The fourth-order valence-electron chi connectivity index (χ4n) is 3.08. The lowest BCUT2D eigenvalue weighted by Crippen LogP contribution is -2.47. The maximum atomic E-state index is 12.7. The topological polar surface area (TPSA) is 70.1 Å². The van der Waals surface area contributed by atoms with E-state index in [1.807, 2.05) is 18.7 Å². The SMILES string of the molecule is COCCN(C(=O)N1CCC(C(=O)O)(C(C)C)C1)C1CC1. The number of carboxylic acids is 1. The number of hydrogen-bond acceptors (Lipinski definition) is 3. The second-order valence-corrected chi connectivity index (χ2v) is 6.49. The van der Waals surface area contributed by atoms with E-state index in [1.54, 1.807) is 12.0 Å². The first-order chi connectivity index (χ1) is 9.92. The molecule has 0 radical (unpaired) electrons. The Morgan fingerprint density at radius 1 is 1.43 bits per heavy atom. The van der Waals surface area contributed by atoms with Crippen molar-refractivity contribution in [3.05, 3.63) is 0 Å². The van der Waals surface area contributed by atoms with Crippen LogP contribution in [0.3, 0.4) is 0 Å². The molecule has 1 heterocycles. The molecule has 6 heteroatoms. The molecule has 1 aliphatic heterocycles. The highest BCUT2D eigenvalue weighted by Gasteiger charge is 2.49. The van der Waals surface area contributed by atoms with Crippen molar-refractivity contribution in [2.45, 2.75) is 39.2 Å². The standard InChI is InChI=1S/C15H26N2O4/c1-11(2)15(13(18)19)6-7-16(10-15)14(20)17(8-9-21-3)12-4-5-12/h11-12H,4-10H2,1-3H3,(H,18,19). The molecule has 0 aromatic heterocycles. The Hall–Kier alpha value is -1.30. The molecule has 2 amide bonds. The van der Waals surface area contributed by atoms with Crippen LogP contribution in [0.25, 0.3) is 0 Å². The van der Waals surface area contributed by atoms with Gasteiger partial charge in [0.2, 0.25) is 0 Å². The van der Waals surface area contributed by atoms with E-state index in [4.69, 9.17) is 4.74 Å². The summed E-state index contributed by atoms with van der Waals surface area (Å²) in [6.07, 6.45) is 2.61. The van der Waals surface area contributed by atoms with Gasteiger partial charge in [-0.15, -0.1) is 0 Å². The number of hydrogen-bond donors (Lipinski definition) is 1. The van der Waals surface area contributed by atoms with Crippen molar-refractivity contribution < 1.29 is 19.4 Å². The molecule has 1 aliphatic carbocycles. The Labute approximate surface area is 126 Å². The summed E-state index contributed by atoms with van der Waals surface area (Å²) in [4.78, 5) is 27.9. The maximum Gasteiger partial charge on any atom is 0.320 e. The summed E-state index contributed by atoms with van der Waals surface area (Å²) in [5.41, 5.74) is -0.799. The van der Waals surface area contributed by atoms with Crippen molar-refractivity contribution in [3.63, 3.8) is 0 Å².